The van der Waals surface area contributed by atoms with Crippen molar-refractivity contribution in [1.82, 2.24) is 25.1 Å². The molecule has 0 aliphatic carbocycles. The Morgan fingerprint density at radius 3 is 3.00 bits per heavy atom. The predicted octanol–water partition coefficient (Wildman–Crippen LogP) is 3.59. The van der Waals surface area contributed by atoms with Gasteiger partial charge in [0.2, 0.25) is 0 Å². The number of hydrogen-bond donors (Lipinski definition) is 1. The number of rotatable bonds is 4. The quantitative estimate of drug-likeness (QED) is 0.594. The molecule has 1 aliphatic heterocycles. The van der Waals surface area contributed by atoms with Crippen LogP contribution in [0.5, 0.6) is 0 Å². The van der Waals surface area contributed by atoms with E-state index in [-0.39, 0.29) is 6.10 Å². The molecule has 0 bridgehead atoms. The first-order chi connectivity index (χ1) is 13.9. The molecule has 3 aromatic heterocycles. The molecule has 28 heavy (non-hydrogen) atoms. The van der Waals surface area contributed by atoms with Crippen LogP contribution in [0.2, 0.25) is 0 Å². The van der Waals surface area contributed by atoms with E-state index in [0.717, 1.165) is 42.1 Å². The van der Waals surface area contributed by atoms with Crippen LogP contribution in [0, 0.1) is 0 Å². The molecular weight excluding hydrogens is 350 g/mol. The molecule has 4 heterocycles. The summed E-state index contributed by atoms with van der Waals surface area (Å²) >= 11 is 0. The second-order valence-corrected chi connectivity index (χ2v) is 7.02. The van der Waals surface area contributed by atoms with Crippen molar-refractivity contribution in [1.29, 1.82) is 0 Å². The van der Waals surface area contributed by atoms with Crippen LogP contribution in [-0.4, -0.2) is 44.8 Å². The molecule has 1 aromatic carbocycles. The third kappa shape index (κ3) is 3.40. The van der Waals surface area contributed by atoms with Gasteiger partial charge in [0.1, 0.15) is 6.10 Å². The summed E-state index contributed by atoms with van der Waals surface area (Å²) in [6.45, 7) is 3.31. The molecular formula is C22H21N5O. The highest BCUT2D eigenvalue weighted by Gasteiger charge is 2.24. The van der Waals surface area contributed by atoms with Crippen molar-refractivity contribution in [2.75, 3.05) is 19.7 Å². The predicted molar refractivity (Wildman–Crippen MR) is 108 cm³/mol. The van der Waals surface area contributed by atoms with Gasteiger partial charge in [-0.25, -0.2) is 4.98 Å². The summed E-state index contributed by atoms with van der Waals surface area (Å²) in [7, 11) is 0. The van der Waals surface area contributed by atoms with Crippen LogP contribution < -0.4 is 0 Å². The van der Waals surface area contributed by atoms with E-state index in [0.29, 0.717) is 6.61 Å². The third-order valence-corrected chi connectivity index (χ3v) is 5.18. The summed E-state index contributed by atoms with van der Waals surface area (Å²) in [5, 5.41) is 8.07. The molecule has 5 rings (SSSR count). The topological polar surface area (TPSA) is 66.9 Å². The monoisotopic (exact) mass is 371 g/mol. The molecule has 0 radical (unpaired) electrons. The van der Waals surface area contributed by atoms with E-state index in [9.17, 15) is 0 Å². The van der Waals surface area contributed by atoms with E-state index in [1.807, 2.05) is 36.7 Å². The number of ether oxygens (including phenoxy) is 1. The first kappa shape index (κ1) is 17.0. The average Bonchev–Trinajstić information content (AvgIpc) is 3.30. The lowest BCUT2D eigenvalue weighted by atomic mass is 10.1. The van der Waals surface area contributed by atoms with Crippen molar-refractivity contribution < 1.29 is 4.74 Å². The molecule has 0 unspecified atom stereocenters. The highest BCUT2D eigenvalue weighted by Crippen LogP contribution is 2.26. The van der Waals surface area contributed by atoms with Crippen molar-refractivity contribution in [3.8, 4) is 11.3 Å². The highest BCUT2D eigenvalue weighted by molar-refractivity contribution is 5.81. The van der Waals surface area contributed by atoms with Gasteiger partial charge < -0.3 is 4.74 Å². The van der Waals surface area contributed by atoms with Gasteiger partial charge in [0.05, 0.1) is 29.7 Å². The van der Waals surface area contributed by atoms with E-state index < -0.39 is 0 Å². The summed E-state index contributed by atoms with van der Waals surface area (Å²) in [6, 6.07) is 16.5. The number of fused-ring (bicyclic) bond motifs is 1. The number of aromatic amines is 1. The van der Waals surface area contributed by atoms with E-state index in [2.05, 4.69) is 44.3 Å². The van der Waals surface area contributed by atoms with Gasteiger partial charge in [0, 0.05) is 43.0 Å². The number of H-pyrrole nitrogens is 1. The SMILES string of the molecule is c1cc(-c2cn[nH]c2)nc([C@H]2CN(Cc3cccc4ncccc34)CCO2)c1. The zero-order valence-corrected chi connectivity index (χ0v) is 15.5. The molecule has 0 spiro atoms. The molecule has 0 amide bonds. The Labute approximate surface area is 163 Å². The minimum absolute atomic E-state index is 0.0336. The Hall–Kier alpha value is -3.09. The lowest BCUT2D eigenvalue weighted by Crippen LogP contribution is -2.38. The lowest BCUT2D eigenvalue weighted by molar-refractivity contribution is -0.0348. The molecule has 140 valence electrons. The second-order valence-electron chi connectivity index (χ2n) is 7.02. The summed E-state index contributed by atoms with van der Waals surface area (Å²) < 4.78 is 6.05. The molecule has 6 nitrogen and oxygen atoms in total. The van der Waals surface area contributed by atoms with Crippen LogP contribution in [0.3, 0.4) is 0 Å². The Balaban J connectivity index is 1.36. The molecule has 1 atom stereocenters. The van der Waals surface area contributed by atoms with Gasteiger partial charge >= 0.3 is 0 Å². The van der Waals surface area contributed by atoms with Crippen LogP contribution >= 0.6 is 0 Å². The maximum atomic E-state index is 6.05. The number of hydrogen-bond acceptors (Lipinski definition) is 5. The summed E-state index contributed by atoms with van der Waals surface area (Å²) in [6.07, 6.45) is 5.45. The second kappa shape index (κ2) is 7.50. The zero-order valence-electron chi connectivity index (χ0n) is 15.5. The number of nitrogens with zero attached hydrogens (tertiary/aromatic N) is 4. The lowest BCUT2D eigenvalue weighted by Gasteiger charge is -2.33. The van der Waals surface area contributed by atoms with Gasteiger partial charge in [0.15, 0.2) is 0 Å². The van der Waals surface area contributed by atoms with Gasteiger partial charge in [-0.15, -0.1) is 0 Å². The van der Waals surface area contributed by atoms with Gasteiger partial charge in [-0.1, -0.05) is 24.3 Å². The summed E-state index contributed by atoms with van der Waals surface area (Å²) in [5.74, 6) is 0. The Morgan fingerprint density at radius 1 is 1.11 bits per heavy atom. The maximum absolute atomic E-state index is 6.05. The first-order valence-corrected chi connectivity index (χ1v) is 9.49. The van der Waals surface area contributed by atoms with Crippen LogP contribution in [0.15, 0.2) is 67.1 Å². The average molecular weight is 371 g/mol. The molecule has 1 fully saturated rings. The van der Waals surface area contributed by atoms with Crippen molar-refractivity contribution in [3.63, 3.8) is 0 Å². The van der Waals surface area contributed by atoms with Gasteiger partial charge in [0.25, 0.3) is 0 Å². The summed E-state index contributed by atoms with van der Waals surface area (Å²) in [5.41, 5.74) is 5.19. The maximum Gasteiger partial charge on any atom is 0.112 e. The van der Waals surface area contributed by atoms with Crippen molar-refractivity contribution in [2.45, 2.75) is 12.6 Å². The van der Waals surface area contributed by atoms with Crippen LogP contribution in [0.4, 0.5) is 0 Å². The largest absolute Gasteiger partial charge is 0.369 e. The molecule has 0 saturated carbocycles. The third-order valence-electron chi connectivity index (χ3n) is 5.18. The van der Waals surface area contributed by atoms with Crippen LogP contribution in [0.25, 0.3) is 22.2 Å². The van der Waals surface area contributed by atoms with E-state index in [1.165, 1.54) is 10.9 Å². The highest BCUT2D eigenvalue weighted by atomic mass is 16.5. The fourth-order valence-electron chi connectivity index (χ4n) is 3.75. The minimum atomic E-state index is -0.0336. The fraction of sp³-hybridized carbons (Fsp3) is 0.227. The van der Waals surface area contributed by atoms with E-state index >= 15 is 0 Å². The van der Waals surface area contributed by atoms with Crippen molar-refractivity contribution >= 4 is 10.9 Å². The Morgan fingerprint density at radius 2 is 2.07 bits per heavy atom. The first-order valence-electron chi connectivity index (χ1n) is 9.49. The fourth-order valence-corrected chi connectivity index (χ4v) is 3.75. The van der Waals surface area contributed by atoms with Crippen LogP contribution in [-0.2, 0) is 11.3 Å². The normalized spacial score (nSPS) is 17.8. The van der Waals surface area contributed by atoms with E-state index in [1.54, 1.807) is 6.20 Å². The van der Waals surface area contributed by atoms with Gasteiger partial charge in [-0.2, -0.15) is 5.10 Å². The Bertz CT molecular complexity index is 1070. The standard InChI is InChI=1S/C22H21N5O/c1-4-16(18-5-3-9-23-20(18)7-1)14-27-10-11-28-22(15-27)21-8-2-6-19(26-21)17-12-24-25-13-17/h1-9,12-13,22H,10-11,14-15H2,(H,24,25)/t22-/m1/s1. The number of pyridine rings is 2. The number of morpholine rings is 1. The number of nitrogens with one attached hydrogen (secondary N) is 1. The van der Waals surface area contributed by atoms with Crippen LogP contribution in [0.1, 0.15) is 17.4 Å². The van der Waals surface area contributed by atoms with Gasteiger partial charge in [-0.05, 0) is 29.8 Å². The molecule has 6 heteroatoms. The molecule has 1 saturated heterocycles. The van der Waals surface area contributed by atoms with Gasteiger partial charge in [-0.3, -0.25) is 15.0 Å². The smallest absolute Gasteiger partial charge is 0.112 e. The zero-order chi connectivity index (χ0) is 18.8. The number of aromatic nitrogens is 4. The summed E-state index contributed by atoms with van der Waals surface area (Å²) in [4.78, 5) is 11.7. The minimum Gasteiger partial charge on any atom is -0.369 e. The molecule has 4 aromatic rings. The Kier molecular flexibility index (Phi) is 4.56. The number of benzene rings is 1. The van der Waals surface area contributed by atoms with Crippen molar-refractivity contribution in [2.24, 2.45) is 0 Å². The van der Waals surface area contributed by atoms with Crippen molar-refractivity contribution in [3.05, 3.63) is 78.4 Å². The molecule has 1 aliphatic rings. The van der Waals surface area contributed by atoms with E-state index in [4.69, 9.17) is 9.72 Å². The molecule has 1 N–H and O–H groups in total.